The Morgan fingerprint density at radius 3 is 2.32 bits per heavy atom. The predicted octanol–water partition coefficient (Wildman–Crippen LogP) is 2.55. The summed E-state index contributed by atoms with van der Waals surface area (Å²) >= 11 is 0. The highest BCUT2D eigenvalue weighted by Gasteiger charge is 2.28. The topological polar surface area (TPSA) is 67.1 Å². The minimum absolute atomic E-state index is 0.0975. The van der Waals surface area contributed by atoms with Crippen LogP contribution in [0.2, 0.25) is 0 Å². The van der Waals surface area contributed by atoms with E-state index in [4.69, 9.17) is 0 Å². The van der Waals surface area contributed by atoms with Crippen molar-refractivity contribution >= 4 is 5.96 Å². The molecule has 6 heteroatoms. The number of aromatic nitrogens is 3. The normalized spacial score (nSPS) is 12.3. The molecule has 0 aliphatic rings. The quantitative estimate of drug-likeness (QED) is 0.599. The third kappa shape index (κ3) is 4.38. The minimum Gasteiger partial charge on any atom is -0.356 e. The highest BCUT2D eigenvalue weighted by molar-refractivity contribution is 5.79. The summed E-state index contributed by atoms with van der Waals surface area (Å²) in [5.41, 5.74) is 1.46. The lowest BCUT2D eigenvalue weighted by molar-refractivity contribution is 0.389. The number of nitrogens with zero attached hydrogens (tertiary/aromatic N) is 4. The molecule has 2 N–H and O–H groups in total. The summed E-state index contributed by atoms with van der Waals surface area (Å²) in [4.78, 5) is 4.34. The largest absolute Gasteiger partial charge is 0.356 e. The second kappa shape index (κ2) is 8.65. The fourth-order valence-corrected chi connectivity index (χ4v) is 3.04. The van der Waals surface area contributed by atoms with Gasteiger partial charge in [-0.05, 0) is 25.3 Å². The van der Waals surface area contributed by atoms with Crippen molar-refractivity contribution in [1.29, 1.82) is 0 Å². The molecule has 0 radical (unpaired) electrons. The molecule has 1 aromatic carbocycles. The van der Waals surface area contributed by atoms with Gasteiger partial charge in [-0.15, -0.1) is 10.2 Å². The van der Waals surface area contributed by atoms with Gasteiger partial charge in [-0.3, -0.25) is 4.99 Å². The van der Waals surface area contributed by atoms with Crippen LogP contribution in [-0.4, -0.2) is 34.3 Å². The lowest BCUT2D eigenvalue weighted by atomic mass is 9.76. The van der Waals surface area contributed by atoms with E-state index in [0.29, 0.717) is 6.54 Å². The summed E-state index contributed by atoms with van der Waals surface area (Å²) in [5, 5.41) is 15.1. The number of hydrogen-bond acceptors (Lipinski definition) is 3. The predicted molar refractivity (Wildman–Crippen MR) is 103 cm³/mol. The number of nitrogens with one attached hydrogen (secondary N) is 2. The molecule has 0 saturated heterocycles. The molecule has 0 atom stereocenters. The first-order valence-electron chi connectivity index (χ1n) is 8.91. The van der Waals surface area contributed by atoms with Crippen LogP contribution in [-0.2, 0) is 19.0 Å². The van der Waals surface area contributed by atoms with E-state index >= 15 is 0 Å². The third-order valence-electron chi connectivity index (χ3n) is 5.15. The van der Waals surface area contributed by atoms with Gasteiger partial charge in [0.1, 0.15) is 5.82 Å². The van der Waals surface area contributed by atoms with Crippen molar-refractivity contribution in [3.8, 4) is 0 Å². The Balaban J connectivity index is 2.02. The second-order valence-corrected chi connectivity index (χ2v) is 6.36. The molecule has 6 nitrogen and oxygen atoms in total. The molecule has 0 fully saturated rings. The molecule has 2 rings (SSSR count). The molecule has 0 amide bonds. The molecule has 25 heavy (non-hydrogen) atoms. The van der Waals surface area contributed by atoms with Crippen molar-refractivity contribution in [1.82, 2.24) is 25.4 Å². The first-order chi connectivity index (χ1) is 12.1. The van der Waals surface area contributed by atoms with E-state index < -0.39 is 0 Å². The molecule has 0 saturated carbocycles. The number of aliphatic imine (C=N–C) groups is 1. The van der Waals surface area contributed by atoms with Crippen LogP contribution in [0.15, 0.2) is 35.3 Å². The van der Waals surface area contributed by atoms with Gasteiger partial charge < -0.3 is 15.2 Å². The minimum atomic E-state index is 0.0975. The van der Waals surface area contributed by atoms with Gasteiger partial charge in [0.05, 0.1) is 6.54 Å². The Hall–Kier alpha value is -2.37. The Morgan fingerprint density at radius 2 is 1.80 bits per heavy atom. The summed E-state index contributed by atoms with van der Waals surface area (Å²) in [6.45, 7) is 7.86. The van der Waals surface area contributed by atoms with E-state index in [1.807, 2.05) is 18.5 Å². The smallest absolute Gasteiger partial charge is 0.191 e. The first kappa shape index (κ1) is 19.0. The van der Waals surface area contributed by atoms with Crippen molar-refractivity contribution in [3.63, 3.8) is 0 Å². The molecular formula is C19H30N6. The van der Waals surface area contributed by atoms with Crippen molar-refractivity contribution in [2.45, 2.75) is 45.6 Å². The van der Waals surface area contributed by atoms with Crippen molar-refractivity contribution < 1.29 is 0 Å². The van der Waals surface area contributed by atoms with E-state index in [-0.39, 0.29) is 5.41 Å². The van der Waals surface area contributed by atoms with E-state index in [1.165, 1.54) is 5.56 Å². The summed E-state index contributed by atoms with van der Waals surface area (Å²) in [6.07, 6.45) is 2.14. The van der Waals surface area contributed by atoms with Crippen LogP contribution in [0.25, 0.3) is 0 Å². The maximum atomic E-state index is 4.34. The highest BCUT2D eigenvalue weighted by Crippen LogP contribution is 2.30. The van der Waals surface area contributed by atoms with Crippen LogP contribution in [0, 0.1) is 6.92 Å². The molecule has 1 aromatic heterocycles. The lowest BCUT2D eigenvalue weighted by Crippen LogP contribution is -2.45. The molecular weight excluding hydrogens is 312 g/mol. The Bertz CT molecular complexity index is 685. The zero-order valence-corrected chi connectivity index (χ0v) is 16.0. The van der Waals surface area contributed by atoms with Crippen LogP contribution in [0.1, 0.15) is 43.9 Å². The lowest BCUT2D eigenvalue weighted by Gasteiger charge is -2.33. The number of hydrogen-bond donors (Lipinski definition) is 2. The van der Waals surface area contributed by atoms with Crippen LogP contribution in [0.3, 0.4) is 0 Å². The SMILES string of the molecule is CCC(CC)(CNC(=NC)NCc1nnc(C)n1C)c1ccccc1. The molecule has 0 unspecified atom stereocenters. The van der Waals surface area contributed by atoms with Gasteiger partial charge in [0, 0.05) is 26.1 Å². The summed E-state index contributed by atoms with van der Waals surface area (Å²) in [5.74, 6) is 2.57. The van der Waals surface area contributed by atoms with Gasteiger partial charge in [0.25, 0.3) is 0 Å². The van der Waals surface area contributed by atoms with E-state index in [1.54, 1.807) is 7.05 Å². The molecule has 0 aliphatic carbocycles. The highest BCUT2D eigenvalue weighted by atomic mass is 15.3. The van der Waals surface area contributed by atoms with Crippen LogP contribution in [0.4, 0.5) is 0 Å². The monoisotopic (exact) mass is 342 g/mol. The maximum Gasteiger partial charge on any atom is 0.191 e. The number of benzene rings is 1. The Kier molecular flexibility index (Phi) is 6.56. The van der Waals surface area contributed by atoms with E-state index in [9.17, 15) is 0 Å². The summed E-state index contributed by atoms with van der Waals surface area (Å²) in [7, 11) is 3.76. The molecule has 0 bridgehead atoms. The third-order valence-corrected chi connectivity index (χ3v) is 5.15. The van der Waals surface area contributed by atoms with Crippen molar-refractivity contribution in [3.05, 3.63) is 47.5 Å². The fourth-order valence-electron chi connectivity index (χ4n) is 3.04. The molecule has 0 aliphatic heterocycles. The first-order valence-corrected chi connectivity index (χ1v) is 8.91. The zero-order chi connectivity index (χ0) is 18.3. The second-order valence-electron chi connectivity index (χ2n) is 6.36. The van der Waals surface area contributed by atoms with Gasteiger partial charge in [-0.1, -0.05) is 44.2 Å². The average molecular weight is 342 g/mol. The molecule has 0 spiro atoms. The van der Waals surface area contributed by atoms with Gasteiger partial charge in [0.15, 0.2) is 11.8 Å². The zero-order valence-electron chi connectivity index (χ0n) is 16.0. The average Bonchev–Trinajstić information content (AvgIpc) is 2.98. The van der Waals surface area contributed by atoms with Crippen molar-refractivity contribution in [2.24, 2.45) is 12.0 Å². The van der Waals surface area contributed by atoms with E-state index in [2.05, 4.69) is 70.0 Å². The van der Waals surface area contributed by atoms with Crippen LogP contribution < -0.4 is 10.6 Å². The van der Waals surface area contributed by atoms with Gasteiger partial charge in [-0.2, -0.15) is 0 Å². The Labute approximate surface area is 150 Å². The molecule has 136 valence electrons. The maximum absolute atomic E-state index is 4.34. The summed E-state index contributed by atoms with van der Waals surface area (Å²) in [6, 6.07) is 10.7. The number of aryl methyl sites for hydroxylation is 1. The molecule has 2 aromatic rings. The van der Waals surface area contributed by atoms with Gasteiger partial charge >= 0.3 is 0 Å². The number of rotatable bonds is 7. The van der Waals surface area contributed by atoms with Crippen LogP contribution in [0.5, 0.6) is 0 Å². The van der Waals surface area contributed by atoms with E-state index in [0.717, 1.165) is 37.0 Å². The van der Waals surface area contributed by atoms with Gasteiger partial charge in [0.2, 0.25) is 0 Å². The standard InChI is InChI=1S/C19H30N6/c1-6-19(7-2,16-11-9-8-10-12-16)14-22-18(20-4)21-13-17-24-23-15(3)25(17)5/h8-12H,6-7,13-14H2,1-5H3,(H2,20,21,22). The van der Waals surface area contributed by atoms with Crippen molar-refractivity contribution in [2.75, 3.05) is 13.6 Å². The summed E-state index contributed by atoms with van der Waals surface area (Å²) < 4.78 is 1.98. The fraction of sp³-hybridized carbons (Fsp3) is 0.526. The van der Waals surface area contributed by atoms with Crippen LogP contribution >= 0.6 is 0 Å². The molecule has 1 heterocycles. The Morgan fingerprint density at radius 1 is 1.12 bits per heavy atom. The van der Waals surface area contributed by atoms with Gasteiger partial charge in [-0.25, -0.2) is 0 Å². The number of guanidine groups is 1.